The van der Waals surface area contributed by atoms with Crippen molar-refractivity contribution in [3.05, 3.63) is 64.2 Å². The number of ether oxygens (including phenoxy) is 1. The number of aliphatic hydroxyl groups is 3. The Morgan fingerprint density at radius 3 is 1.61 bits per heavy atom. The summed E-state index contributed by atoms with van der Waals surface area (Å²) in [4.78, 5) is 0. The third-order valence-corrected chi connectivity index (χ3v) is 6.28. The first-order valence-corrected chi connectivity index (χ1v) is 11.5. The molecule has 0 fully saturated rings. The number of nitrogens with two attached hydrogens (primary N) is 2. The van der Waals surface area contributed by atoms with Crippen molar-refractivity contribution in [1.29, 1.82) is 0 Å². The van der Waals surface area contributed by atoms with E-state index in [1.54, 1.807) is 0 Å². The van der Waals surface area contributed by atoms with Gasteiger partial charge in [-0.05, 0) is 44.7 Å². The molecule has 6 nitrogen and oxygen atoms in total. The van der Waals surface area contributed by atoms with Crippen molar-refractivity contribution in [1.82, 2.24) is 0 Å². The molecule has 0 aromatic heterocycles. The van der Waals surface area contributed by atoms with E-state index in [4.69, 9.17) is 16.2 Å². The van der Waals surface area contributed by atoms with E-state index in [0.717, 1.165) is 27.8 Å². The fourth-order valence-corrected chi connectivity index (χ4v) is 4.05. The lowest BCUT2D eigenvalue weighted by Crippen LogP contribution is -2.43. The van der Waals surface area contributed by atoms with Crippen molar-refractivity contribution in [2.75, 3.05) is 19.8 Å². The number of rotatable bonds is 9. The summed E-state index contributed by atoms with van der Waals surface area (Å²) < 4.78 is 6.65. The van der Waals surface area contributed by atoms with Crippen LogP contribution in [0.15, 0.2) is 36.4 Å². The minimum atomic E-state index is -1.30. The summed E-state index contributed by atoms with van der Waals surface area (Å²) in [6, 6.07) is 11.8. The van der Waals surface area contributed by atoms with Crippen molar-refractivity contribution in [3.8, 4) is 5.75 Å². The number of hydrogen-bond acceptors (Lipinski definition) is 6. The molecule has 6 heteroatoms. The maximum absolute atomic E-state index is 10.4. The number of benzene rings is 2. The van der Waals surface area contributed by atoms with Crippen LogP contribution < -0.4 is 16.2 Å². The summed E-state index contributed by atoms with van der Waals surface area (Å²) in [5.41, 5.74) is 14.7. The molecule has 7 N–H and O–H groups in total. The molecule has 0 heterocycles. The van der Waals surface area contributed by atoms with E-state index in [-0.39, 0.29) is 10.8 Å². The zero-order valence-electron chi connectivity index (χ0n) is 21.0. The van der Waals surface area contributed by atoms with Crippen LogP contribution in [0.4, 0.5) is 0 Å². The third-order valence-electron chi connectivity index (χ3n) is 6.28. The van der Waals surface area contributed by atoms with Gasteiger partial charge in [-0.3, -0.25) is 0 Å². The van der Waals surface area contributed by atoms with E-state index in [2.05, 4.69) is 41.5 Å². The molecular formula is C27H42N2O4. The molecule has 1 unspecified atom stereocenters. The summed E-state index contributed by atoms with van der Waals surface area (Å²) in [5, 5.41) is 31.1. The minimum absolute atomic E-state index is 0.234. The van der Waals surface area contributed by atoms with Crippen LogP contribution in [-0.2, 0) is 23.9 Å². The fourth-order valence-electron chi connectivity index (χ4n) is 4.05. The van der Waals surface area contributed by atoms with Crippen molar-refractivity contribution in [3.63, 3.8) is 0 Å². The van der Waals surface area contributed by atoms with Crippen LogP contribution in [0.2, 0.25) is 0 Å². The topological polar surface area (TPSA) is 122 Å². The highest BCUT2D eigenvalue weighted by atomic mass is 16.5. The van der Waals surface area contributed by atoms with E-state index in [1.807, 2.05) is 36.4 Å². The Morgan fingerprint density at radius 1 is 0.727 bits per heavy atom. The molecule has 2 rings (SSSR count). The zero-order chi connectivity index (χ0) is 25.0. The average Bonchev–Trinajstić information content (AvgIpc) is 2.78. The Kier molecular flexibility index (Phi) is 8.71. The molecule has 1 atom stereocenters. The Balaban J connectivity index is 2.80. The second kappa shape index (κ2) is 10.5. The van der Waals surface area contributed by atoms with Gasteiger partial charge in [-0.25, -0.2) is 0 Å². The maximum Gasteiger partial charge on any atom is 0.136 e. The van der Waals surface area contributed by atoms with Crippen LogP contribution in [0, 0.1) is 5.41 Å². The van der Waals surface area contributed by atoms with Gasteiger partial charge in [0.05, 0.1) is 25.2 Å². The molecule has 0 spiro atoms. The Morgan fingerprint density at radius 2 is 1.18 bits per heavy atom. The van der Waals surface area contributed by atoms with Gasteiger partial charge in [0.25, 0.3) is 0 Å². The van der Waals surface area contributed by atoms with E-state index in [1.165, 1.54) is 0 Å². The molecule has 0 aliphatic heterocycles. The van der Waals surface area contributed by atoms with Gasteiger partial charge in [-0.1, -0.05) is 71.9 Å². The molecule has 0 aliphatic carbocycles. The first-order valence-electron chi connectivity index (χ1n) is 11.5. The van der Waals surface area contributed by atoms with Crippen LogP contribution in [0.1, 0.15) is 75.5 Å². The highest BCUT2D eigenvalue weighted by Gasteiger charge is 2.43. The molecule has 0 saturated heterocycles. The average molecular weight is 459 g/mol. The second-order valence-corrected chi connectivity index (χ2v) is 11.0. The zero-order valence-corrected chi connectivity index (χ0v) is 21.0. The Bertz CT molecular complexity index is 916. The molecule has 0 radical (unpaired) electrons. The quantitative estimate of drug-likeness (QED) is 0.393. The van der Waals surface area contributed by atoms with Gasteiger partial charge in [-0.15, -0.1) is 0 Å². The van der Waals surface area contributed by atoms with Gasteiger partial charge in [0.15, 0.2) is 0 Å². The fraction of sp³-hybridized carbons (Fsp3) is 0.556. The van der Waals surface area contributed by atoms with Gasteiger partial charge in [0.1, 0.15) is 11.9 Å². The highest BCUT2D eigenvalue weighted by Crippen LogP contribution is 2.44. The molecule has 0 bridgehead atoms. The van der Waals surface area contributed by atoms with Crippen molar-refractivity contribution < 1.29 is 20.1 Å². The van der Waals surface area contributed by atoms with Crippen molar-refractivity contribution in [2.24, 2.45) is 16.9 Å². The molecule has 0 amide bonds. The predicted octanol–water partition coefficient (Wildman–Crippen LogP) is 3.28. The van der Waals surface area contributed by atoms with Crippen LogP contribution >= 0.6 is 0 Å². The lowest BCUT2D eigenvalue weighted by molar-refractivity contribution is -0.0752. The standard InChI is InChI=1S/C27H42N2O4/c1-25(2,3)21-11-18(13-28)7-9-20(21)24(27(15-30,16-31)17-32)33-23-10-8-19(14-29)12-22(23)26(4,5)6/h7-12,24,30-32H,13-17,28-29H2,1-6H3. The number of aliphatic hydroxyl groups excluding tert-OH is 3. The maximum atomic E-state index is 10.4. The Hall–Kier alpha value is -1.96. The normalized spacial score (nSPS) is 13.8. The summed E-state index contributed by atoms with van der Waals surface area (Å²) >= 11 is 0. The Labute approximate surface area is 198 Å². The van der Waals surface area contributed by atoms with Crippen LogP contribution in [0.5, 0.6) is 5.75 Å². The minimum Gasteiger partial charge on any atom is -0.485 e. The van der Waals surface area contributed by atoms with Gasteiger partial charge in [0, 0.05) is 13.1 Å². The SMILES string of the molecule is CC(C)(C)c1cc(CN)ccc1OC(c1ccc(CN)cc1C(C)(C)C)C(CO)(CO)CO. The largest absolute Gasteiger partial charge is 0.485 e. The van der Waals surface area contributed by atoms with E-state index < -0.39 is 31.3 Å². The van der Waals surface area contributed by atoms with Crippen LogP contribution in [-0.4, -0.2) is 35.1 Å². The first-order chi connectivity index (χ1) is 15.4. The summed E-state index contributed by atoms with van der Waals surface area (Å²) in [5.74, 6) is 0.632. The van der Waals surface area contributed by atoms with Gasteiger partial charge >= 0.3 is 0 Å². The van der Waals surface area contributed by atoms with E-state index in [0.29, 0.717) is 18.8 Å². The highest BCUT2D eigenvalue weighted by molar-refractivity contribution is 5.44. The second-order valence-electron chi connectivity index (χ2n) is 11.0. The molecule has 0 saturated carbocycles. The molecular weight excluding hydrogens is 416 g/mol. The summed E-state index contributed by atoms with van der Waals surface area (Å²) in [6.07, 6.45) is -0.802. The molecule has 0 aliphatic rings. The van der Waals surface area contributed by atoms with Crippen LogP contribution in [0.3, 0.4) is 0 Å². The van der Waals surface area contributed by atoms with Crippen LogP contribution in [0.25, 0.3) is 0 Å². The van der Waals surface area contributed by atoms with E-state index >= 15 is 0 Å². The van der Waals surface area contributed by atoms with Gasteiger partial charge in [0.2, 0.25) is 0 Å². The predicted molar refractivity (Wildman–Crippen MR) is 133 cm³/mol. The molecule has 2 aromatic rings. The van der Waals surface area contributed by atoms with E-state index in [9.17, 15) is 15.3 Å². The van der Waals surface area contributed by atoms with Gasteiger partial charge < -0.3 is 31.5 Å². The molecule has 2 aromatic carbocycles. The van der Waals surface area contributed by atoms with Gasteiger partial charge in [-0.2, -0.15) is 0 Å². The lowest BCUT2D eigenvalue weighted by Gasteiger charge is -2.40. The van der Waals surface area contributed by atoms with Crippen molar-refractivity contribution >= 4 is 0 Å². The smallest absolute Gasteiger partial charge is 0.136 e. The molecule has 33 heavy (non-hydrogen) atoms. The molecule has 184 valence electrons. The monoisotopic (exact) mass is 458 g/mol. The first kappa shape index (κ1) is 27.3. The third kappa shape index (κ3) is 5.94. The summed E-state index contributed by atoms with van der Waals surface area (Å²) in [7, 11) is 0. The summed E-state index contributed by atoms with van der Waals surface area (Å²) in [6.45, 7) is 12.0. The lowest BCUT2D eigenvalue weighted by atomic mass is 9.74. The number of hydrogen-bond donors (Lipinski definition) is 5. The van der Waals surface area contributed by atoms with Crippen molar-refractivity contribution in [2.45, 2.75) is 71.6 Å².